The van der Waals surface area contributed by atoms with Gasteiger partial charge in [-0.2, -0.15) is 10.1 Å². The summed E-state index contributed by atoms with van der Waals surface area (Å²) in [5.74, 6) is -0.00617. The zero-order chi connectivity index (χ0) is 12.8. The van der Waals surface area contributed by atoms with Gasteiger partial charge in [0.05, 0.1) is 0 Å². The summed E-state index contributed by atoms with van der Waals surface area (Å²) in [4.78, 5) is 15.1. The van der Waals surface area contributed by atoms with Crippen molar-refractivity contribution in [2.24, 2.45) is 0 Å². The fourth-order valence-electron chi connectivity index (χ4n) is 1.43. The van der Waals surface area contributed by atoms with Crippen LogP contribution >= 0.6 is 0 Å². The molecular formula is C11H12FN5O. The van der Waals surface area contributed by atoms with E-state index in [-0.39, 0.29) is 11.8 Å². The molecule has 6 nitrogen and oxygen atoms in total. The lowest BCUT2D eigenvalue weighted by atomic mass is 10.1. The molecule has 2 aromatic rings. The predicted octanol–water partition coefficient (Wildman–Crippen LogP) is 1.31. The fourth-order valence-corrected chi connectivity index (χ4v) is 1.43. The van der Waals surface area contributed by atoms with Crippen LogP contribution in [-0.2, 0) is 6.42 Å². The quantitative estimate of drug-likeness (QED) is 0.764. The van der Waals surface area contributed by atoms with Crippen LogP contribution in [0.1, 0.15) is 5.56 Å². The van der Waals surface area contributed by atoms with Gasteiger partial charge in [-0.15, -0.1) is 0 Å². The first kappa shape index (κ1) is 12.0. The van der Waals surface area contributed by atoms with Gasteiger partial charge < -0.3 is 5.32 Å². The lowest BCUT2D eigenvalue weighted by Gasteiger charge is -2.05. The lowest BCUT2D eigenvalue weighted by Crippen LogP contribution is -2.31. The van der Waals surface area contributed by atoms with Gasteiger partial charge >= 0.3 is 6.03 Å². The molecule has 2 amide bonds. The molecule has 94 valence electrons. The second-order valence-corrected chi connectivity index (χ2v) is 3.56. The standard InChI is InChI=1S/C11H12FN5O/c12-9-4-2-1-3-8(9)5-6-13-11(18)16-10-14-7-15-17-10/h1-4,7H,5-6H2,(H3,13,14,15,16,17,18). The minimum atomic E-state index is -0.414. The average Bonchev–Trinajstić information content (AvgIpc) is 2.84. The summed E-state index contributed by atoms with van der Waals surface area (Å²) >= 11 is 0. The molecule has 0 fully saturated rings. The Bertz CT molecular complexity index is 514. The molecule has 0 atom stereocenters. The van der Waals surface area contributed by atoms with Crippen LogP contribution in [0.15, 0.2) is 30.6 Å². The van der Waals surface area contributed by atoms with Gasteiger partial charge in [0.15, 0.2) is 0 Å². The van der Waals surface area contributed by atoms with E-state index in [1.807, 2.05) is 0 Å². The monoisotopic (exact) mass is 249 g/mol. The van der Waals surface area contributed by atoms with Gasteiger partial charge in [-0.05, 0) is 18.1 Å². The summed E-state index contributed by atoms with van der Waals surface area (Å²) in [5.41, 5.74) is 0.567. The number of carbonyl (C=O) groups excluding carboxylic acids is 1. The van der Waals surface area contributed by atoms with Crippen LogP contribution in [0.4, 0.5) is 15.1 Å². The highest BCUT2D eigenvalue weighted by Crippen LogP contribution is 2.06. The van der Waals surface area contributed by atoms with E-state index in [1.165, 1.54) is 12.4 Å². The third kappa shape index (κ3) is 3.27. The van der Waals surface area contributed by atoms with Gasteiger partial charge in [-0.1, -0.05) is 18.2 Å². The molecule has 0 saturated carbocycles. The highest BCUT2D eigenvalue weighted by atomic mass is 19.1. The number of rotatable bonds is 4. The molecule has 1 aromatic carbocycles. The molecule has 1 aromatic heterocycles. The molecule has 0 aliphatic carbocycles. The second-order valence-electron chi connectivity index (χ2n) is 3.56. The molecule has 2 rings (SSSR count). The van der Waals surface area contributed by atoms with Crippen LogP contribution in [0.2, 0.25) is 0 Å². The van der Waals surface area contributed by atoms with E-state index >= 15 is 0 Å². The van der Waals surface area contributed by atoms with Crippen LogP contribution in [-0.4, -0.2) is 27.8 Å². The molecule has 7 heteroatoms. The van der Waals surface area contributed by atoms with E-state index < -0.39 is 6.03 Å². The maximum Gasteiger partial charge on any atom is 0.321 e. The molecule has 0 spiro atoms. The van der Waals surface area contributed by atoms with E-state index in [1.54, 1.807) is 18.2 Å². The van der Waals surface area contributed by atoms with Crippen molar-refractivity contribution >= 4 is 12.0 Å². The summed E-state index contributed by atoms with van der Waals surface area (Å²) in [7, 11) is 0. The predicted molar refractivity (Wildman–Crippen MR) is 63.5 cm³/mol. The molecule has 0 aliphatic heterocycles. The van der Waals surface area contributed by atoms with Crippen LogP contribution in [0.3, 0.4) is 0 Å². The number of aromatic amines is 1. The van der Waals surface area contributed by atoms with E-state index in [2.05, 4.69) is 25.8 Å². The number of benzene rings is 1. The van der Waals surface area contributed by atoms with Crippen molar-refractivity contribution in [1.29, 1.82) is 0 Å². The third-order valence-electron chi connectivity index (χ3n) is 2.28. The number of nitrogens with one attached hydrogen (secondary N) is 3. The number of nitrogens with zero attached hydrogens (tertiary/aromatic N) is 2. The number of amides is 2. The largest absolute Gasteiger partial charge is 0.337 e. The lowest BCUT2D eigenvalue weighted by molar-refractivity contribution is 0.252. The Kier molecular flexibility index (Phi) is 3.85. The van der Waals surface area contributed by atoms with Crippen LogP contribution in [0.25, 0.3) is 0 Å². The first-order valence-corrected chi connectivity index (χ1v) is 5.39. The topological polar surface area (TPSA) is 82.7 Å². The minimum Gasteiger partial charge on any atom is -0.337 e. The molecule has 18 heavy (non-hydrogen) atoms. The number of aromatic nitrogens is 3. The highest BCUT2D eigenvalue weighted by molar-refractivity contribution is 5.87. The van der Waals surface area contributed by atoms with Crippen LogP contribution in [0.5, 0.6) is 0 Å². The van der Waals surface area contributed by atoms with E-state index in [9.17, 15) is 9.18 Å². The zero-order valence-electron chi connectivity index (χ0n) is 9.48. The molecule has 0 aliphatic rings. The maximum atomic E-state index is 13.3. The summed E-state index contributed by atoms with van der Waals surface area (Å²) in [6, 6.07) is 6.05. The summed E-state index contributed by atoms with van der Waals surface area (Å²) in [6.07, 6.45) is 1.71. The van der Waals surface area contributed by atoms with Crippen molar-refractivity contribution in [3.8, 4) is 0 Å². The number of carbonyl (C=O) groups is 1. The maximum absolute atomic E-state index is 13.3. The van der Waals surface area contributed by atoms with Crippen LogP contribution < -0.4 is 10.6 Å². The third-order valence-corrected chi connectivity index (χ3v) is 2.28. The second kappa shape index (κ2) is 5.76. The Morgan fingerprint density at radius 2 is 2.22 bits per heavy atom. The van der Waals surface area contributed by atoms with Gasteiger partial charge in [0.25, 0.3) is 0 Å². The van der Waals surface area contributed by atoms with E-state index in [0.29, 0.717) is 18.5 Å². The zero-order valence-corrected chi connectivity index (χ0v) is 9.48. The minimum absolute atomic E-state index is 0.262. The van der Waals surface area contributed by atoms with Crippen molar-refractivity contribution in [2.75, 3.05) is 11.9 Å². The molecule has 0 bridgehead atoms. The van der Waals surface area contributed by atoms with E-state index in [4.69, 9.17) is 0 Å². The Balaban J connectivity index is 1.75. The first-order valence-electron chi connectivity index (χ1n) is 5.39. The molecular weight excluding hydrogens is 237 g/mol. The number of hydrogen-bond acceptors (Lipinski definition) is 3. The Labute approximate surface area is 103 Å². The van der Waals surface area contributed by atoms with Gasteiger partial charge in [-0.3, -0.25) is 5.32 Å². The van der Waals surface area contributed by atoms with Crippen molar-refractivity contribution in [3.63, 3.8) is 0 Å². The van der Waals surface area contributed by atoms with Crippen LogP contribution in [0, 0.1) is 5.82 Å². The fraction of sp³-hybridized carbons (Fsp3) is 0.182. The number of H-pyrrole nitrogens is 1. The van der Waals surface area contributed by atoms with Gasteiger partial charge in [0.1, 0.15) is 12.1 Å². The smallest absolute Gasteiger partial charge is 0.321 e. The summed E-state index contributed by atoms with van der Waals surface area (Å²) in [6.45, 7) is 0.334. The Hall–Kier alpha value is -2.44. The van der Waals surface area contributed by atoms with Gasteiger partial charge in [0, 0.05) is 6.54 Å². The molecule has 0 saturated heterocycles. The Morgan fingerprint density at radius 3 is 2.94 bits per heavy atom. The molecule has 1 heterocycles. The molecule has 0 unspecified atom stereocenters. The average molecular weight is 249 g/mol. The normalized spacial score (nSPS) is 10.1. The summed E-state index contributed by atoms with van der Waals surface area (Å²) in [5, 5.41) is 11.1. The van der Waals surface area contributed by atoms with Gasteiger partial charge in [-0.25, -0.2) is 14.3 Å². The van der Waals surface area contributed by atoms with Gasteiger partial charge in [0.2, 0.25) is 5.95 Å². The van der Waals surface area contributed by atoms with E-state index in [0.717, 1.165) is 0 Å². The Morgan fingerprint density at radius 1 is 1.39 bits per heavy atom. The number of urea groups is 1. The molecule has 0 radical (unpaired) electrons. The van der Waals surface area contributed by atoms with Crippen molar-refractivity contribution in [1.82, 2.24) is 20.5 Å². The number of anilines is 1. The molecule has 3 N–H and O–H groups in total. The highest BCUT2D eigenvalue weighted by Gasteiger charge is 2.04. The number of halogens is 1. The SMILES string of the molecule is O=C(NCCc1ccccc1F)Nc1ncn[nH]1. The number of hydrogen-bond donors (Lipinski definition) is 3. The van der Waals surface area contributed by atoms with Crippen molar-refractivity contribution in [3.05, 3.63) is 42.0 Å². The first-order chi connectivity index (χ1) is 8.75. The summed E-state index contributed by atoms with van der Waals surface area (Å²) < 4.78 is 13.3. The van der Waals surface area contributed by atoms with Crippen molar-refractivity contribution < 1.29 is 9.18 Å². The van der Waals surface area contributed by atoms with Crippen molar-refractivity contribution in [2.45, 2.75) is 6.42 Å².